The van der Waals surface area contributed by atoms with Crippen LogP contribution in [0.5, 0.6) is 0 Å². The van der Waals surface area contributed by atoms with E-state index in [0.29, 0.717) is 25.7 Å². The predicted octanol–water partition coefficient (Wildman–Crippen LogP) is 19.0. The van der Waals surface area contributed by atoms with Gasteiger partial charge in [0.2, 0.25) is 0 Å². The highest BCUT2D eigenvalue weighted by molar-refractivity contribution is 7.47. The SMILES string of the molecule is CCCCCCCCCCCCCCCCCCC(=O)O[C@H](COC(=O)CCCCCCCCCCCCCC(C)C)COP(=O)(O)OC[C@@H](O)COP(=O)(O)OC[C@@H](COC(=O)CCCCCCC)OC(=O)CCCCCCCCCCCCC. The fourth-order valence-corrected chi connectivity index (χ4v) is 11.7. The number of unbranched alkanes of at least 4 members (excludes halogenated alkanes) is 39. The van der Waals surface area contributed by atoms with E-state index < -0.39 is 97.5 Å². The van der Waals surface area contributed by atoms with Gasteiger partial charge in [-0.25, -0.2) is 9.13 Å². The largest absolute Gasteiger partial charge is 0.472 e. The Balaban J connectivity index is 5.17. The zero-order valence-corrected chi connectivity index (χ0v) is 57.2. The Labute approximate surface area is 524 Å². The topological polar surface area (TPSA) is 237 Å². The summed E-state index contributed by atoms with van der Waals surface area (Å²) in [4.78, 5) is 72.1. The highest BCUT2D eigenvalue weighted by Gasteiger charge is 2.30. The molecule has 2 unspecified atom stereocenters. The number of esters is 4. The van der Waals surface area contributed by atoms with Crippen molar-refractivity contribution in [1.82, 2.24) is 0 Å². The smallest absolute Gasteiger partial charge is 0.462 e. The maximum atomic E-state index is 13.0. The van der Waals surface area contributed by atoms with Crippen LogP contribution in [0.4, 0.5) is 0 Å². The Morgan fingerprint density at radius 1 is 0.314 bits per heavy atom. The molecule has 0 aromatic heterocycles. The number of rotatable bonds is 67. The van der Waals surface area contributed by atoms with E-state index in [2.05, 4.69) is 34.6 Å². The Kier molecular flexibility index (Phi) is 59.2. The van der Waals surface area contributed by atoms with E-state index in [4.69, 9.17) is 37.0 Å². The number of hydrogen-bond acceptors (Lipinski definition) is 15. The molecule has 5 atom stereocenters. The molecular weight excluding hydrogens is 1140 g/mol. The van der Waals surface area contributed by atoms with Gasteiger partial charge in [-0.05, 0) is 31.6 Å². The monoisotopic (exact) mass is 1270 g/mol. The molecule has 0 spiro atoms. The molecule has 0 heterocycles. The summed E-state index contributed by atoms with van der Waals surface area (Å²) < 4.78 is 68.0. The molecular formula is C67H130O17P2. The van der Waals surface area contributed by atoms with Crippen LogP contribution in [-0.4, -0.2) is 96.7 Å². The molecule has 0 radical (unpaired) electrons. The first-order valence-electron chi connectivity index (χ1n) is 35.1. The Morgan fingerprint density at radius 3 is 0.791 bits per heavy atom. The zero-order valence-electron chi connectivity index (χ0n) is 55.4. The maximum absolute atomic E-state index is 13.0. The summed E-state index contributed by atoms with van der Waals surface area (Å²) in [7, 11) is -9.88. The lowest BCUT2D eigenvalue weighted by atomic mass is 10.0. The lowest BCUT2D eigenvalue weighted by molar-refractivity contribution is -0.161. The van der Waals surface area contributed by atoms with Crippen molar-refractivity contribution in [2.45, 2.75) is 361 Å². The van der Waals surface area contributed by atoms with Crippen LogP contribution in [0.25, 0.3) is 0 Å². The number of ether oxygens (including phenoxy) is 4. The highest BCUT2D eigenvalue weighted by atomic mass is 31.2. The molecule has 0 aromatic carbocycles. The molecule has 0 aliphatic heterocycles. The Bertz CT molecular complexity index is 1670. The summed E-state index contributed by atoms with van der Waals surface area (Å²) in [6.07, 6.45) is 46.1. The second-order valence-electron chi connectivity index (χ2n) is 24.7. The Morgan fingerprint density at radius 2 is 0.535 bits per heavy atom. The van der Waals surface area contributed by atoms with Crippen molar-refractivity contribution in [3.05, 3.63) is 0 Å². The van der Waals surface area contributed by atoms with Crippen molar-refractivity contribution in [3.8, 4) is 0 Å². The van der Waals surface area contributed by atoms with Gasteiger partial charge >= 0.3 is 39.5 Å². The second-order valence-corrected chi connectivity index (χ2v) is 27.6. The van der Waals surface area contributed by atoms with E-state index in [-0.39, 0.29) is 25.7 Å². The van der Waals surface area contributed by atoms with E-state index in [9.17, 15) is 43.2 Å². The van der Waals surface area contributed by atoms with Crippen molar-refractivity contribution in [2.24, 2.45) is 5.92 Å². The van der Waals surface area contributed by atoms with Crippen LogP contribution < -0.4 is 0 Å². The van der Waals surface area contributed by atoms with Crippen LogP contribution >= 0.6 is 15.6 Å². The fraction of sp³-hybridized carbons (Fsp3) is 0.940. The number of aliphatic hydroxyl groups is 1. The summed E-state index contributed by atoms with van der Waals surface area (Å²) in [5, 5.41) is 10.5. The lowest BCUT2D eigenvalue weighted by Crippen LogP contribution is -2.30. The molecule has 0 aliphatic carbocycles. The summed E-state index contributed by atoms with van der Waals surface area (Å²) in [5.41, 5.74) is 0. The van der Waals surface area contributed by atoms with Crippen molar-refractivity contribution in [2.75, 3.05) is 39.6 Å². The van der Waals surface area contributed by atoms with Crippen LogP contribution in [-0.2, 0) is 65.4 Å². The first kappa shape index (κ1) is 84.1. The van der Waals surface area contributed by atoms with Gasteiger partial charge in [-0.3, -0.25) is 37.3 Å². The average molecular weight is 1270 g/mol. The van der Waals surface area contributed by atoms with E-state index in [1.165, 1.54) is 161 Å². The molecule has 0 aliphatic rings. The van der Waals surface area contributed by atoms with Crippen LogP contribution in [0.3, 0.4) is 0 Å². The molecule has 0 rings (SSSR count). The first-order valence-corrected chi connectivity index (χ1v) is 38.1. The summed E-state index contributed by atoms with van der Waals surface area (Å²) >= 11 is 0. The standard InChI is InChI=1S/C67H130O17P2/c1-6-9-12-15-17-19-21-22-23-24-25-29-34-38-43-48-53-67(72)84-63(57-78-65(70)51-46-41-36-32-30-26-28-31-35-40-44-49-60(4)5)59-82-86(75,76)80-55-61(68)54-79-85(73,74)81-58-62(56-77-64(69)50-45-39-14-11-8-3)83-66(71)52-47-42-37-33-27-20-18-16-13-10-7-2/h60-63,68H,6-59H2,1-5H3,(H,73,74)(H,75,76)/t61-,62+,63+/m0/s1. The van der Waals surface area contributed by atoms with Crippen molar-refractivity contribution < 1.29 is 80.2 Å². The minimum Gasteiger partial charge on any atom is -0.462 e. The van der Waals surface area contributed by atoms with Gasteiger partial charge in [0.25, 0.3) is 0 Å². The molecule has 510 valence electrons. The third-order valence-corrected chi connectivity index (χ3v) is 17.4. The Hall–Kier alpha value is -1.94. The summed E-state index contributed by atoms with van der Waals surface area (Å²) in [5.74, 6) is -1.37. The average Bonchev–Trinajstić information content (AvgIpc) is 3.61. The van der Waals surface area contributed by atoms with E-state index in [1.54, 1.807) is 0 Å². The van der Waals surface area contributed by atoms with Crippen molar-refractivity contribution >= 4 is 39.5 Å². The molecule has 0 amide bonds. The third-order valence-electron chi connectivity index (χ3n) is 15.5. The number of carbonyl (C=O) groups excluding carboxylic acids is 4. The fourth-order valence-electron chi connectivity index (χ4n) is 10.1. The third kappa shape index (κ3) is 60.9. The molecule has 0 bridgehead atoms. The van der Waals surface area contributed by atoms with Gasteiger partial charge in [0.1, 0.15) is 19.3 Å². The van der Waals surface area contributed by atoms with E-state index in [0.717, 1.165) is 102 Å². The predicted molar refractivity (Wildman–Crippen MR) is 345 cm³/mol. The van der Waals surface area contributed by atoms with Crippen LogP contribution in [0.2, 0.25) is 0 Å². The molecule has 0 saturated heterocycles. The van der Waals surface area contributed by atoms with Crippen LogP contribution in [0, 0.1) is 5.92 Å². The molecule has 17 nitrogen and oxygen atoms in total. The van der Waals surface area contributed by atoms with Crippen molar-refractivity contribution in [3.63, 3.8) is 0 Å². The molecule has 86 heavy (non-hydrogen) atoms. The summed E-state index contributed by atoms with van der Waals surface area (Å²) in [6, 6.07) is 0. The van der Waals surface area contributed by atoms with Gasteiger partial charge in [0.05, 0.1) is 26.4 Å². The molecule has 19 heteroatoms. The van der Waals surface area contributed by atoms with Gasteiger partial charge in [0, 0.05) is 25.7 Å². The normalized spacial score (nSPS) is 14.2. The number of phosphoric ester groups is 2. The minimum atomic E-state index is -4.95. The van der Waals surface area contributed by atoms with Gasteiger partial charge in [-0.15, -0.1) is 0 Å². The second kappa shape index (κ2) is 60.6. The number of phosphoric acid groups is 2. The van der Waals surface area contributed by atoms with Gasteiger partial charge in [-0.1, -0.05) is 291 Å². The minimum absolute atomic E-state index is 0.106. The molecule has 0 fully saturated rings. The first-order chi connectivity index (χ1) is 41.5. The molecule has 3 N–H and O–H groups in total. The number of aliphatic hydroxyl groups excluding tert-OH is 1. The van der Waals surface area contributed by atoms with Gasteiger partial charge < -0.3 is 33.8 Å². The van der Waals surface area contributed by atoms with Gasteiger partial charge in [-0.2, -0.15) is 0 Å². The zero-order chi connectivity index (χ0) is 63.5. The molecule has 0 saturated carbocycles. The van der Waals surface area contributed by atoms with Crippen LogP contribution in [0.15, 0.2) is 0 Å². The van der Waals surface area contributed by atoms with Gasteiger partial charge in [0.15, 0.2) is 12.2 Å². The van der Waals surface area contributed by atoms with E-state index in [1.807, 2.05) is 0 Å². The maximum Gasteiger partial charge on any atom is 0.472 e. The quantitative estimate of drug-likeness (QED) is 0.0222. The number of hydrogen-bond donors (Lipinski definition) is 3. The molecule has 0 aromatic rings. The number of carbonyl (C=O) groups is 4. The van der Waals surface area contributed by atoms with Crippen molar-refractivity contribution in [1.29, 1.82) is 0 Å². The summed E-state index contributed by atoms with van der Waals surface area (Å²) in [6.45, 7) is 7.14. The highest BCUT2D eigenvalue weighted by Crippen LogP contribution is 2.45. The van der Waals surface area contributed by atoms with Crippen LogP contribution in [0.1, 0.15) is 343 Å². The lowest BCUT2D eigenvalue weighted by Gasteiger charge is -2.21. The van der Waals surface area contributed by atoms with E-state index >= 15 is 0 Å².